The van der Waals surface area contributed by atoms with Crippen LogP contribution in [0, 0.1) is 11.8 Å². The average Bonchev–Trinajstić information content (AvgIpc) is 2.86. The number of thioether (sulfide) groups is 1. The van der Waals surface area contributed by atoms with Crippen molar-refractivity contribution in [3.05, 3.63) is 5.82 Å². The van der Waals surface area contributed by atoms with Gasteiger partial charge >= 0.3 is 0 Å². The first-order chi connectivity index (χ1) is 9.13. The van der Waals surface area contributed by atoms with Crippen molar-refractivity contribution in [1.29, 1.82) is 0 Å². The van der Waals surface area contributed by atoms with Gasteiger partial charge in [-0.25, -0.2) is 4.98 Å². The van der Waals surface area contributed by atoms with Gasteiger partial charge < -0.3 is 5.32 Å². The SMILES string of the molecule is CCc1nsc(SC2CC(C(C)C)CCC2NC)n1. The molecule has 19 heavy (non-hydrogen) atoms. The second kappa shape index (κ2) is 7.04. The molecule has 1 aliphatic rings. The zero-order valence-corrected chi connectivity index (χ0v) is 14.0. The molecule has 1 aromatic rings. The van der Waals surface area contributed by atoms with E-state index in [-0.39, 0.29) is 0 Å². The van der Waals surface area contributed by atoms with Gasteiger partial charge in [0.1, 0.15) is 5.82 Å². The van der Waals surface area contributed by atoms with E-state index in [1.807, 2.05) is 11.8 Å². The fraction of sp³-hybridized carbons (Fsp3) is 0.857. The van der Waals surface area contributed by atoms with E-state index >= 15 is 0 Å². The molecule has 3 atom stereocenters. The first-order valence-corrected chi connectivity index (χ1v) is 8.95. The third kappa shape index (κ3) is 3.92. The molecular formula is C14H25N3S2. The van der Waals surface area contributed by atoms with E-state index in [1.165, 1.54) is 19.3 Å². The van der Waals surface area contributed by atoms with Crippen molar-refractivity contribution in [3.63, 3.8) is 0 Å². The molecule has 3 unspecified atom stereocenters. The summed E-state index contributed by atoms with van der Waals surface area (Å²) in [6.45, 7) is 6.82. The molecule has 0 spiro atoms. The summed E-state index contributed by atoms with van der Waals surface area (Å²) in [6.07, 6.45) is 4.88. The van der Waals surface area contributed by atoms with Crippen LogP contribution in [0.4, 0.5) is 0 Å². The predicted octanol–water partition coefficient (Wildman–Crippen LogP) is 3.61. The molecular weight excluding hydrogens is 274 g/mol. The summed E-state index contributed by atoms with van der Waals surface area (Å²) >= 11 is 3.50. The van der Waals surface area contributed by atoms with Crippen LogP contribution in [0.25, 0.3) is 0 Å². The molecule has 1 N–H and O–H groups in total. The van der Waals surface area contributed by atoms with Gasteiger partial charge in [-0.2, -0.15) is 4.37 Å². The summed E-state index contributed by atoms with van der Waals surface area (Å²) in [7, 11) is 2.09. The van der Waals surface area contributed by atoms with E-state index in [1.54, 1.807) is 11.5 Å². The van der Waals surface area contributed by atoms with Crippen LogP contribution in [0.5, 0.6) is 0 Å². The molecule has 0 aromatic carbocycles. The van der Waals surface area contributed by atoms with Crippen molar-refractivity contribution in [3.8, 4) is 0 Å². The highest BCUT2D eigenvalue weighted by atomic mass is 32.2. The number of aromatic nitrogens is 2. The fourth-order valence-corrected chi connectivity index (χ4v) is 5.14. The Bertz CT molecular complexity index is 392. The maximum absolute atomic E-state index is 4.60. The fourth-order valence-electron chi connectivity index (χ4n) is 2.78. The Hall–Kier alpha value is -0.130. The van der Waals surface area contributed by atoms with Gasteiger partial charge in [0.2, 0.25) is 0 Å². The Labute approximate surface area is 125 Å². The summed E-state index contributed by atoms with van der Waals surface area (Å²) < 4.78 is 5.54. The third-order valence-electron chi connectivity index (χ3n) is 4.16. The predicted molar refractivity (Wildman–Crippen MR) is 84.0 cm³/mol. The molecule has 3 nitrogen and oxygen atoms in total. The lowest BCUT2D eigenvalue weighted by molar-refractivity contribution is 0.251. The van der Waals surface area contributed by atoms with E-state index in [9.17, 15) is 0 Å². The molecule has 0 radical (unpaired) electrons. The van der Waals surface area contributed by atoms with Crippen molar-refractivity contribution in [1.82, 2.24) is 14.7 Å². The van der Waals surface area contributed by atoms with Crippen LogP contribution in [0.15, 0.2) is 4.34 Å². The monoisotopic (exact) mass is 299 g/mol. The molecule has 1 saturated carbocycles. The Morgan fingerprint density at radius 2 is 2.21 bits per heavy atom. The molecule has 0 amide bonds. The summed E-state index contributed by atoms with van der Waals surface area (Å²) in [5.41, 5.74) is 0. The Kier molecular flexibility index (Phi) is 5.66. The molecule has 0 aliphatic heterocycles. The lowest BCUT2D eigenvalue weighted by Crippen LogP contribution is -2.41. The van der Waals surface area contributed by atoms with Crippen molar-refractivity contribution in [2.45, 2.75) is 62.1 Å². The van der Waals surface area contributed by atoms with Crippen LogP contribution in [0.2, 0.25) is 0 Å². The van der Waals surface area contributed by atoms with Gasteiger partial charge in [-0.1, -0.05) is 32.5 Å². The maximum Gasteiger partial charge on any atom is 0.170 e. The lowest BCUT2D eigenvalue weighted by Gasteiger charge is -2.36. The zero-order valence-electron chi connectivity index (χ0n) is 12.3. The minimum Gasteiger partial charge on any atom is -0.316 e. The summed E-state index contributed by atoms with van der Waals surface area (Å²) in [5, 5.41) is 4.13. The Morgan fingerprint density at radius 3 is 2.79 bits per heavy atom. The zero-order chi connectivity index (χ0) is 13.8. The van der Waals surface area contributed by atoms with Gasteiger partial charge in [-0.05, 0) is 49.7 Å². The van der Waals surface area contributed by atoms with Gasteiger partial charge in [0.05, 0.1) is 0 Å². The Balaban J connectivity index is 2.01. The lowest BCUT2D eigenvalue weighted by atomic mass is 9.79. The van der Waals surface area contributed by atoms with Crippen LogP contribution in [-0.2, 0) is 6.42 Å². The van der Waals surface area contributed by atoms with Crippen molar-refractivity contribution in [2.75, 3.05) is 7.05 Å². The van der Waals surface area contributed by atoms with Gasteiger partial charge in [-0.3, -0.25) is 0 Å². The van der Waals surface area contributed by atoms with Crippen LogP contribution < -0.4 is 5.32 Å². The molecule has 1 heterocycles. The minimum absolute atomic E-state index is 0.619. The highest BCUT2D eigenvalue weighted by Gasteiger charge is 2.32. The number of aryl methyl sites for hydroxylation is 1. The maximum atomic E-state index is 4.60. The second-order valence-corrected chi connectivity index (χ2v) is 7.94. The highest BCUT2D eigenvalue weighted by molar-refractivity contribution is 8.01. The van der Waals surface area contributed by atoms with E-state index in [2.05, 4.69) is 42.5 Å². The van der Waals surface area contributed by atoms with Crippen LogP contribution in [0.3, 0.4) is 0 Å². The molecule has 1 fully saturated rings. The van der Waals surface area contributed by atoms with E-state index in [0.29, 0.717) is 11.3 Å². The van der Waals surface area contributed by atoms with Gasteiger partial charge in [0.15, 0.2) is 4.34 Å². The number of hydrogen-bond acceptors (Lipinski definition) is 5. The molecule has 5 heteroatoms. The molecule has 108 valence electrons. The van der Waals surface area contributed by atoms with Gasteiger partial charge in [0, 0.05) is 17.7 Å². The topological polar surface area (TPSA) is 37.8 Å². The summed E-state index contributed by atoms with van der Waals surface area (Å²) in [4.78, 5) is 4.60. The number of rotatable bonds is 5. The van der Waals surface area contributed by atoms with Crippen LogP contribution in [-0.4, -0.2) is 27.7 Å². The van der Waals surface area contributed by atoms with Crippen LogP contribution in [0.1, 0.15) is 45.9 Å². The van der Waals surface area contributed by atoms with Crippen molar-refractivity contribution >= 4 is 23.3 Å². The average molecular weight is 300 g/mol. The van der Waals surface area contributed by atoms with Gasteiger partial charge in [0.25, 0.3) is 0 Å². The number of nitrogens with one attached hydrogen (secondary N) is 1. The first kappa shape index (κ1) is 15.3. The minimum atomic E-state index is 0.619. The standard InChI is InChI=1S/C14H25N3S2/c1-5-13-16-14(19-17-13)18-12-8-10(9(2)3)6-7-11(12)15-4/h9-12,15H,5-8H2,1-4H3. The molecule has 1 aromatic heterocycles. The smallest absolute Gasteiger partial charge is 0.170 e. The molecule has 0 saturated heterocycles. The molecule has 0 bridgehead atoms. The van der Waals surface area contributed by atoms with E-state index in [4.69, 9.17) is 0 Å². The largest absolute Gasteiger partial charge is 0.316 e. The first-order valence-electron chi connectivity index (χ1n) is 7.30. The molecule has 1 aliphatic carbocycles. The second-order valence-electron chi connectivity index (χ2n) is 5.70. The van der Waals surface area contributed by atoms with E-state index in [0.717, 1.165) is 28.4 Å². The van der Waals surface area contributed by atoms with Crippen LogP contribution >= 0.6 is 23.3 Å². The van der Waals surface area contributed by atoms with E-state index < -0.39 is 0 Å². The summed E-state index contributed by atoms with van der Waals surface area (Å²) in [6, 6.07) is 0.619. The Morgan fingerprint density at radius 1 is 1.42 bits per heavy atom. The van der Waals surface area contributed by atoms with Crippen molar-refractivity contribution < 1.29 is 0 Å². The van der Waals surface area contributed by atoms with Crippen molar-refractivity contribution in [2.24, 2.45) is 11.8 Å². The highest BCUT2D eigenvalue weighted by Crippen LogP contribution is 2.39. The molecule has 2 rings (SSSR count). The third-order valence-corrected chi connectivity index (χ3v) is 6.34. The summed E-state index contributed by atoms with van der Waals surface area (Å²) in [5.74, 6) is 2.65. The normalized spacial score (nSPS) is 27.9. The number of hydrogen-bond donors (Lipinski definition) is 1. The number of nitrogens with zero attached hydrogens (tertiary/aromatic N) is 2. The van der Waals surface area contributed by atoms with Gasteiger partial charge in [-0.15, -0.1) is 0 Å². The quantitative estimate of drug-likeness (QED) is 0.901.